The Labute approximate surface area is 159 Å². The predicted octanol–water partition coefficient (Wildman–Crippen LogP) is 3.70. The van der Waals surface area contributed by atoms with Crippen molar-refractivity contribution in [3.63, 3.8) is 0 Å². The molecule has 6 nitrogen and oxygen atoms in total. The molecule has 1 N–H and O–H groups in total. The number of nitrogens with one attached hydrogen (secondary N) is 1. The van der Waals surface area contributed by atoms with Crippen molar-refractivity contribution in [1.82, 2.24) is 14.9 Å². The second kappa shape index (κ2) is 8.79. The van der Waals surface area contributed by atoms with Gasteiger partial charge in [0.25, 0.3) is 0 Å². The third kappa shape index (κ3) is 5.27. The molecule has 0 radical (unpaired) electrons. The summed E-state index contributed by atoms with van der Waals surface area (Å²) in [6.07, 6.45) is 1.70. The molecular weight excluding hydrogens is 338 g/mol. The van der Waals surface area contributed by atoms with Crippen LogP contribution in [-0.2, 0) is 0 Å². The molecule has 27 heavy (non-hydrogen) atoms. The van der Waals surface area contributed by atoms with Crippen molar-refractivity contribution in [1.29, 1.82) is 5.26 Å². The SMILES string of the molecule is CN(C)CCOc1ccc(Nc2nccc(-c3cccc(C#N)c3)n2)cc1. The molecule has 0 bridgehead atoms. The number of likely N-dealkylation sites (N-methyl/N-ethyl adjacent to an activating group) is 1. The molecule has 0 aliphatic rings. The van der Waals surface area contributed by atoms with Gasteiger partial charge in [-0.15, -0.1) is 0 Å². The maximum atomic E-state index is 9.05. The molecule has 3 rings (SSSR count). The molecule has 0 aliphatic heterocycles. The summed E-state index contributed by atoms with van der Waals surface area (Å²) in [4.78, 5) is 10.9. The van der Waals surface area contributed by atoms with Crippen LogP contribution in [0.1, 0.15) is 5.56 Å². The summed E-state index contributed by atoms with van der Waals surface area (Å²) >= 11 is 0. The van der Waals surface area contributed by atoms with E-state index in [2.05, 4.69) is 26.3 Å². The van der Waals surface area contributed by atoms with E-state index in [9.17, 15) is 0 Å². The highest BCUT2D eigenvalue weighted by atomic mass is 16.5. The Balaban J connectivity index is 1.68. The summed E-state index contributed by atoms with van der Waals surface area (Å²) in [5.74, 6) is 1.32. The van der Waals surface area contributed by atoms with E-state index in [4.69, 9.17) is 10.00 Å². The summed E-state index contributed by atoms with van der Waals surface area (Å²) in [6.45, 7) is 1.51. The van der Waals surface area contributed by atoms with Gasteiger partial charge in [-0.3, -0.25) is 0 Å². The van der Waals surface area contributed by atoms with Gasteiger partial charge in [-0.25, -0.2) is 9.97 Å². The van der Waals surface area contributed by atoms with Crippen LogP contribution >= 0.6 is 0 Å². The zero-order valence-electron chi connectivity index (χ0n) is 15.4. The van der Waals surface area contributed by atoms with Gasteiger partial charge in [0.2, 0.25) is 5.95 Å². The monoisotopic (exact) mass is 359 g/mol. The van der Waals surface area contributed by atoms with Gasteiger partial charge in [-0.2, -0.15) is 5.26 Å². The van der Waals surface area contributed by atoms with Crippen LogP contribution in [0, 0.1) is 11.3 Å². The zero-order valence-corrected chi connectivity index (χ0v) is 15.4. The average Bonchev–Trinajstić information content (AvgIpc) is 2.69. The van der Waals surface area contributed by atoms with Crippen molar-refractivity contribution in [2.24, 2.45) is 0 Å². The second-order valence-corrected chi connectivity index (χ2v) is 6.26. The van der Waals surface area contributed by atoms with Crippen LogP contribution in [-0.4, -0.2) is 42.1 Å². The highest BCUT2D eigenvalue weighted by Crippen LogP contribution is 2.21. The number of benzene rings is 2. The van der Waals surface area contributed by atoms with Gasteiger partial charge in [0, 0.05) is 24.0 Å². The smallest absolute Gasteiger partial charge is 0.227 e. The summed E-state index contributed by atoms with van der Waals surface area (Å²) < 4.78 is 5.69. The molecule has 0 fully saturated rings. The van der Waals surface area contributed by atoms with E-state index >= 15 is 0 Å². The molecule has 0 saturated heterocycles. The fourth-order valence-electron chi connectivity index (χ4n) is 2.44. The lowest BCUT2D eigenvalue weighted by Crippen LogP contribution is -2.19. The van der Waals surface area contributed by atoms with Crippen molar-refractivity contribution >= 4 is 11.6 Å². The number of nitrogens with zero attached hydrogens (tertiary/aromatic N) is 4. The Kier molecular flexibility index (Phi) is 5.98. The van der Waals surface area contributed by atoms with E-state index in [1.54, 1.807) is 12.3 Å². The van der Waals surface area contributed by atoms with Crippen LogP contribution in [0.2, 0.25) is 0 Å². The number of hydrogen-bond donors (Lipinski definition) is 1. The van der Waals surface area contributed by atoms with Gasteiger partial charge < -0.3 is 15.0 Å². The highest BCUT2D eigenvalue weighted by Gasteiger charge is 2.04. The standard InChI is InChI=1S/C21H21N5O/c1-26(2)12-13-27-19-8-6-18(7-9-19)24-21-23-11-10-20(25-21)17-5-3-4-16(14-17)15-22/h3-11,14H,12-13H2,1-2H3,(H,23,24,25). The molecule has 0 atom stereocenters. The molecule has 3 aromatic rings. The lowest BCUT2D eigenvalue weighted by molar-refractivity contribution is 0.261. The normalized spacial score (nSPS) is 10.4. The number of nitriles is 1. The first-order chi connectivity index (χ1) is 13.1. The van der Waals surface area contributed by atoms with E-state index in [1.165, 1.54) is 0 Å². The summed E-state index contributed by atoms with van der Waals surface area (Å²) in [5.41, 5.74) is 3.11. The summed E-state index contributed by atoms with van der Waals surface area (Å²) in [5, 5.41) is 12.2. The van der Waals surface area contributed by atoms with Crippen molar-refractivity contribution < 1.29 is 4.74 Å². The largest absolute Gasteiger partial charge is 0.492 e. The average molecular weight is 359 g/mol. The van der Waals surface area contributed by atoms with Crippen LogP contribution in [0.4, 0.5) is 11.6 Å². The maximum absolute atomic E-state index is 9.05. The van der Waals surface area contributed by atoms with Crippen LogP contribution < -0.4 is 10.1 Å². The molecule has 2 aromatic carbocycles. The lowest BCUT2D eigenvalue weighted by Gasteiger charge is -2.11. The number of aromatic nitrogens is 2. The summed E-state index contributed by atoms with van der Waals surface area (Å²) in [6, 6.07) is 19.0. The molecule has 6 heteroatoms. The lowest BCUT2D eigenvalue weighted by atomic mass is 10.1. The molecular formula is C21H21N5O. The topological polar surface area (TPSA) is 74.1 Å². The molecule has 1 heterocycles. The van der Waals surface area contributed by atoms with Crippen LogP contribution in [0.15, 0.2) is 60.8 Å². The first-order valence-electron chi connectivity index (χ1n) is 8.62. The fraction of sp³-hybridized carbons (Fsp3) is 0.190. The zero-order chi connectivity index (χ0) is 19.1. The molecule has 0 unspecified atom stereocenters. The Morgan fingerprint density at radius 1 is 1.11 bits per heavy atom. The minimum Gasteiger partial charge on any atom is -0.492 e. The number of ether oxygens (including phenoxy) is 1. The van der Waals surface area contributed by atoms with Crippen molar-refractivity contribution in [3.05, 3.63) is 66.4 Å². The first-order valence-corrected chi connectivity index (χ1v) is 8.62. The Morgan fingerprint density at radius 2 is 1.93 bits per heavy atom. The number of hydrogen-bond acceptors (Lipinski definition) is 6. The third-order valence-electron chi connectivity index (χ3n) is 3.86. The third-order valence-corrected chi connectivity index (χ3v) is 3.86. The minimum atomic E-state index is 0.496. The Morgan fingerprint density at radius 3 is 2.67 bits per heavy atom. The minimum absolute atomic E-state index is 0.496. The first kappa shape index (κ1) is 18.4. The van der Waals surface area contributed by atoms with Gasteiger partial charge >= 0.3 is 0 Å². The molecule has 0 amide bonds. The van der Waals surface area contributed by atoms with Crippen LogP contribution in [0.3, 0.4) is 0 Å². The van der Waals surface area contributed by atoms with Crippen molar-refractivity contribution in [2.75, 3.05) is 32.6 Å². The van der Waals surface area contributed by atoms with Gasteiger partial charge in [0.15, 0.2) is 0 Å². The van der Waals surface area contributed by atoms with Crippen LogP contribution in [0.5, 0.6) is 5.75 Å². The van der Waals surface area contributed by atoms with E-state index in [1.807, 2.05) is 62.6 Å². The summed E-state index contributed by atoms with van der Waals surface area (Å²) in [7, 11) is 4.03. The molecule has 1 aromatic heterocycles. The quantitative estimate of drug-likeness (QED) is 0.693. The van der Waals surface area contributed by atoms with Crippen molar-refractivity contribution in [3.8, 4) is 23.1 Å². The fourth-order valence-corrected chi connectivity index (χ4v) is 2.44. The van der Waals surface area contributed by atoms with Gasteiger partial charge in [-0.1, -0.05) is 12.1 Å². The molecule has 136 valence electrons. The van der Waals surface area contributed by atoms with Gasteiger partial charge in [0.05, 0.1) is 17.3 Å². The predicted molar refractivity (Wildman–Crippen MR) is 106 cm³/mol. The maximum Gasteiger partial charge on any atom is 0.227 e. The van der Waals surface area contributed by atoms with E-state index < -0.39 is 0 Å². The molecule has 0 spiro atoms. The second-order valence-electron chi connectivity index (χ2n) is 6.26. The highest BCUT2D eigenvalue weighted by molar-refractivity contribution is 5.63. The molecule has 0 saturated carbocycles. The van der Waals surface area contributed by atoms with Crippen LogP contribution in [0.25, 0.3) is 11.3 Å². The van der Waals surface area contributed by atoms with Crippen molar-refractivity contribution in [2.45, 2.75) is 0 Å². The van der Waals surface area contributed by atoms with E-state index in [0.717, 1.165) is 29.2 Å². The van der Waals surface area contributed by atoms with E-state index in [0.29, 0.717) is 18.1 Å². The Bertz CT molecular complexity index is 932. The van der Waals surface area contributed by atoms with Gasteiger partial charge in [-0.05, 0) is 56.6 Å². The Hall–Kier alpha value is -3.43. The number of rotatable bonds is 7. The molecule has 0 aliphatic carbocycles. The number of anilines is 2. The van der Waals surface area contributed by atoms with E-state index in [-0.39, 0.29) is 0 Å². The van der Waals surface area contributed by atoms with Gasteiger partial charge in [0.1, 0.15) is 12.4 Å².